The second-order valence-corrected chi connectivity index (χ2v) is 3.20. The first-order valence-corrected chi connectivity index (χ1v) is 3.81. The van der Waals surface area contributed by atoms with E-state index in [0.29, 0.717) is 6.42 Å². The second-order valence-electron chi connectivity index (χ2n) is 3.20. The normalized spacial score (nSPS) is 26.7. The molecule has 5 nitrogen and oxygen atoms in total. The average Bonchev–Trinajstić information content (AvgIpc) is 2.04. The van der Waals surface area contributed by atoms with Gasteiger partial charge in [-0.3, -0.25) is 14.6 Å². The minimum absolute atomic E-state index is 0.179. The summed E-state index contributed by atoms with van der Waals surface area (Å²) < 4.78 is 0. The molecule has 1 heterocycles. The van der Waals surface area contributed by atoms with Gasteiger partial charge in [-0.2, -0.15) is 0 Å². The molecule has 1 unspecified atom stereocenters. The fourth-order valence-electron chi connectivity index (χ4n) is 0.955. The molecule has 0 aromatic rings. The minimum atomic E-state index is -0.793. The van der Waals surface area contributed by atoms with Crippen molar-refractivity contribution in [3.05, 3.63) is 11.8 Å². The van der Waals surface area contributed by atoms with Gasteiger partial charge in [-0.15, -0.1) is 0 Å². The number of carbonyl (C=O) groups is 2. The topological polar surface area (TPSA) is 98.5 Å². The molecular formula is C8H11N3O2. The number of allylic oxidation sites excluding steroid dienone is 1. The maximum absolute atomic E-state index is 10.9. The van der Waals surface area contributed by atoms with Crippen LogP contribution in [0.25, 0.3) is 0 Å². The molecule has 0 aliphatic carbocycles. The summed E-state index contributed by atoms with van der Waals surface area (Å²) in [7, 11) is 0. The lowest BCUT2D eigenvalue weighted by atomic mass is 9.85. The summed E-state index contributed by atoms with van der Waals surface area (Å²) in [5.74, 6) is -1.06. The van der Waals surface area contributed by atoms with Crippen LogP contribution in [0.15, 0.2) is 16.8 Å². The van der Waals surface area contributed by atoms with E-state index in [1.807, 2.05) is 0 Å². The molecule has 0 aromatic carbocycles. The van der Waals surface area contributed by atoms with E-state index in [4.69, 9.17) is 11.5 Å². The SMILES string of the molecule is CC1(C(N)=O)C=NC(C(N)=O)=CC1. The molecule has 4 N–H and O–H groups in total. The Balaban J connectivity index is 2.85. The summed E-state index contributed by atoms with van der Waals surface area (Å²) in [4.78, 5) is 25.4. The Morgan fingerprint density at radius 2 is 2.15 bits per heavy atom. The number of carbonyl (C=O) groups excluding carboxylic acids is 2. The molecule has 1 rings (SSSR count). The molecule has 0 bridgehead atoms. The molecule has 0 radical (unpaired) electrons. The molecule has 5 heteroatoms. The van der Waals surface area contributed by atoms with Gasteiger partial charge in [0, 0.05) is 6.21 Å². The monoisotopic (exact) mass is 181 g/mol. The summed E-state index contributed by atoms with van der Waals surface area (Å²) in [6, 6.07) is 0. The Labute approximate surface area is 75.5 Å². The number of amides is 2. The predicted molar refractivity (Wildman–Crippen MR) is 47.7 cm³/mol. The van der Waals surface area contributed by atoms with Gasteiger partial charge < -0.3 is 11.5 Å². The Morgan fingerprint density at radius 1 is 1.54 bits per heavy atom. The summed E-state index contributed by atoms with van der Waals surface area (Å²) >= 11 is 0. The molecule has 1 aliphatic heterocycles. The van der Waals surface area contributed by atoms with E-state index in [1.165, 1.54) is 12.3 Å². The molecule has 1 aliphatic rings. The van der Waals surface area contributed by atoms with Crippen molar-refractivity contribution in [3.8, 4) is 0 Å². The van der Waals surface area contributed by atoms with Crippen molar-refractivity contribution in [2.24, 2.45) is 21.9 Å². The van der Waals surface area contributed by atoms with Crippen LogP contribution in [-0.2, 0) is 9.59 Å². The van der Waals surface area contributed by atoms with Gasteiger partial charge in [-0.05, 0) is 13.3 Å². The molecule has 1 atom stereocenters. The second kappa shape index (κ2) is 3.01. The highest BCUT2D eigenvalue weighted by molar-refractivity contribution is 6.01. The summed E-state index contributed by atoms with van der Waals surface area (Å²) in [5.41, 5.74) is 9.53. The first-order valence-electron chi connectivity index (χ1n) is 3.81. The van der Waals surface area contributed by atoms with Gasteiger partial charge in [0.05, 0.1) is 5.41 Å². The molecular weight excluding hydrogens is 170 g/mol. The maximum Gasteiger partial charge on any atom is 0.266 e. The third-order valence-electron chi connectivity index (χ3n) is 2.02. The zero-order chi connectivity index (χ0) is 10.1. The number of hydrogen-bond donors (Lipinski definition) is 2. The highest BCUT2D eigenvalue weighted by atomic mass is 16.1. The Kier molecular flexibility index (Phi) is 2.18. The van der Waals surface area contributed by atoms with Crippen LogP contribution in [0.5, 0.6) is 0 Å². The minimum Gasteiger partial charge on any atom is -0.369 e. The van der Waals surface area contributed by atoms with E-state index < -0.39 is 17.2 Å². The van der Waals surface area contributed by atoms with E-state index in [9.17, 15) is 9.59 Å². The lowest BCUT2D eigenvalue weighted by Crippen LogP contribution is -2.37. The maximum atomic E-state index is 10.9. The molecule has 0 saturated heterocycles. The Hall–Kier alpha value is -1.65. The molecule has 2 amide bonds. The van der Waals surface area contributed by atoms with Crippen molar-refractivity contribution < 1.29 is 9.59 Å². The average molecular weight is 181 g/mol. The van der Waals surface area contributed by atoms with Crippen molar-refractivity contribution in [1.29, 1.82) is 0 Å². The number of rotatable bonds is 2. The molecule has 0 fully saturated rings. The number of aliphatic imine (C=N–C) groups is 1. The number of nitrogens with zero attached hydrogens (tertiary/aromatic N) is 1. The van der Waals surface area contributed by atoms with E-state index >= 15 is 0 Å². The fourth-order valence-corrected chi connectivity index (χ4v) is 0.955. The molecule has 0 aromatic heterocycles. The van der Waals surface area contributed by atoms with Gasteiger partial charge >= 0.3 is 0 Å². The van der Waals surface area contributed by atoms with Crippen LogP contribution in [0, 0.1) is 5.41 Å². The van der Waals surface area contributed by atoms with Crippen LogP contribution >= 0.6 is 0 Å². The third kappa shape index (κ3) is 1.74. The summed E-state index contributed by atoms with van der Waals surface area (Å²) in [6.07, 6.45) is 3.26. The van der Waals surface area contributed by atoms with E-state index in [2.05, 4.69) is 4.99 Å². The van der Waals surface area contributed by atoms with Crippen LogP contribution < -0.4 is 11.5 Å². The van der Waals surface area contributed by atoms with Crippen LogP contribution in [0.4, 0.5) is 0 Å². The third-order valence-corrected chi connectivity index (χ3v) is 2.02. The van der Waals surface area contributed by atoms with Crippen LogP contribution in [0.2, 0.25) is 0 Å². The van der Waals surface area contributed by atoms with E-state index in [1.54, 1.807) is 6.92 Å². The largest absolute Gasteiger partial charge is 0.369 e. The highest BCUT2D eigenvalue weighted by Gasteiger charge is 2.30. The Bertz CT molecular complexity index is 319. The van der Waals surface area contributed by atoms with Crippen molar-refractivity contribution in [2.45, 2.75) is 13.3 Å². The first-order chi connectivity index (χ1) is 5.96. The molecule has 0 spiro atoms. The van der Waals surface area contributed by atoms with Gasteiger partial charge in [0.25, 0.3) is 5.91 Å². The van der Waals surface area contributed by atoms with Gasteiger partial charge in [-0.25, -0.2) is 0 Å². The van der Waals surface area contributed by atoms with Gasteiger partial charge in [-0.1, -0.05) is 6.08 Å². The smallest absolute Gasteiger partial charge is 0.266 e. The molecule has 70 valence electrons. The zero-order valence-corrected chi connectivity index (χ0v) is 7.28. The van der Waals surface area contributed by atoms with Gasteiger partial charge in [0.1, 0.15) is 5.70 Å². The van der Waals surface area contributed by atoms with Crippen LogP contribution in [-0.4, -0.2) is 18.0 Å². The van der Waals surface area contributed by atoms with Crippen molar-refractivity contribution in [1.82, 2.24) is 0 Å². The summed E-state index contributed by atoms with van der Waals surface area (Å²) in [5, 5.41) is 0. The fraction of sp³-hybridized carbons (Fsp3) is 0.375. The number of nitrogens with two attached hydrogens (primary N) is 2. The summed E-state index contributed by atoms with van der Waals surface area (Å²) in [6.45, 7) is 1.66. The quantitative estimate of drug-likeness (QED) is 0.590. The lowest BCUT2D eigenvalue weighted by Gasteiger charge is -2.22. The predicted octanol–water partition coefficient (Wildman–Crippen LogP) is -0.678. The Morgan fingerprint density at radius 3 is 2.46 bits per heavy atom. The van der Waals surface area contributed by atoms with Crippen molar-refractivity contribution in [2.75, 3.05) is 0 Å². The van der Waals surface area contributed by atoms with Gasteiger partial charge in [0.2, 0.25) is 5.91 Å². The molecule has 13 heavy (non-hydrogen) atoms. The lowest BCUT2D eigenvalue weighted by molar-refractivity contribution is -0.123. The molecule has 0 saturated carbocycles. The van der Waals surface area contributed by atoms with Crippen LogP contribution in [0.1, 0.15) is 13.3 Å². The van der Waals surface area contributed by atoms with Crippen LogP contribution in [0.3, 0.4) is 0 Å². The first kappa shape index (κ1) is 9.44. The highest BCUT2D eigenvalue weighted by Crippen LogP contribution is 2.24. The van der Waals surface area contributed by atoms with E-state index in [0.717, 1.165) is 0 Å². The van der Waals surface area contributed by atoms with Crippen molar-refractivity contribution >= 4 is 18.0 Å². The number of primary amides is 2. The standard InChI is InChI=1S/C8H11N3O2/c1-8(7(10)13)3-2-5(6(9)12)11-4-8/h2,4H,3H2,1H3,(H2,9,12)(H2,10,13). The van der Waals surface area contributed by atoms with E-state index in [-0.39, 0.29) is 5.70 Å². The zero-order valence-electron chi connectivity index (χ0n) is 7.28. The van der Waals surface area contributed by atoms with Crippen molar-refractivity contribution in [3.63, 3.8) is 0 Å². The van der Waals surface area contributed by atoms with Gasteiger partial charge in [0.15, 0.2) is 0 Å². The number of hydrogen-bond acceptors (Lipinski definition) is 3.